The second kappa shape index (κ2) is 15.5. The summed E-state index contributed by atoms with van der Waals surface area (Å²) in [7, 11) is 0. The minimum absolute atomic E-state index is 0.140. The van der Waals surface area contributed by atoms with Gasteiger partial charge in [-0.25, -0.2) is 4.79 Å². The minimum Gasteiger partial charge on any atom is -0.444 e. The molecule has 1 aliphatic carbocycles. The van der Waals surface area contributed by atoms with E-state index < -0.39 is 5.60 Å². The fourth-order valence-electron chi connectivity index (χ4n) is 5.30. The highest BCUT2D eigenvalue weighted by atomic mass is 16.6. The van der Waals surface area contributed by atoms with Crippen LogP contribution in [0.3, 0.4) is 0 Å². The van der Waals surface area contributed by atoms with Crippen molar-refractivity contribution in [3.05, 3.63) is 35.4 Å². The summed E-state index contributed by atoms with van der Waals surface area (Å²) in [5.41, 5.74) is 2.53. The fraction of sp³-hybridized carbons (Fsp3) is 0.774. The van der Waals surface area contributed by atoms with Gasteiger partial charge >= 0.3 is 6.09 Å². The number of carbonyl (C=O) groups is 1. The van der Waals surface area contributed by atoms with Crippen LogP contribution in [0.2, 0.25) is 0 Å². The van der Waals surface area contributed by atoms with E-state index in [1.807, 2.05) is 25.7 Å². The Hall–Kier alpha value is -1.51. The summed E-state index contributed by atoms with van der Waals surface area (Å²) in [5.74, 6) is 0.625. The second-order valence-electron chi connectivity index (χ2n) is 11.5. The Bertz CT molecular complexity index is 668. The molecular formula is C31H53NO2. The van der Waals surface area contributed by atoms with Crippen molar-refractivity contribution < 1.29 is 9.53 Å². The van der Waals surface area contributed by atoms with E-state index in [4.69, 9.17) is 4.74 Å². The molecule has 1 aromatic rings. The zero-order valence-electron chi connectivity index (χ0n) is 23.0. The van der Waals surface area contributed by atoms with E-state index in [0.717, 1.165) is 38.6 Å². The van der Waals surface area contributed by atoms with E-state index in [9.17, 15) is 4.79 Å². The van der Waals surface area contributed by atoms with Crippen LogP contribution in [0.15, 0.2) is 24.3 Å². The molecule has 34 heavy (non-hydrogen) atoms. The minimum atomic E-state index is -0.434. The maximum absolute atomic E-state index is 12.7. The van der Waals surface area contributed by atoms with Crippen molar-refractivity contribution in [3.8, 4) is 0 Å². The number of unbranched alkanes of at least 4 members (excludes halogenated alkanes) is 8. The zero-order chi connectivity index (χ0) is 24.8. The van der Waals surface area contributed by atoms with Gasteiger partial charge in [0.05, 0.1) is 0 Å². The third-order valence-electron chi connectivity index (χ3n) is 7.25. The van der Waals surface area contributed by atoms with Crippen LogP contribution in [0.25, 0.3) is 0 Å². The normalized spacial score (nSPS) is 18.6. The summed E-state index contributed by atoms with van der Waals surface area (Å²) < 4.78 is 5.69. The average Bonchev–Trinajstić information content (AvgIpc) is 2.81. The molecule has 1 saturated carbocycles. The highest BCUT2D eigenvalue weighted by Gasteiger charge is 2.31. The van der Waals surface area contributed by atoms with E-state index in [1.165, 1.54) is 75.3 Å². The molecule has 3 nitrogen and oxygen atoms in total. The highest BCUT2D eigenvalue weighted by molar-refractivity contribution is 5.68. The molecule has 3 heteroatoms. The molecule has 0 saturated heterocycles. The predicted octanol–water partition coefficient (Wildman–Crippen LogP) is 9.43. The Kier molecular flexibility index (Phi) is 13.1. The number of nitrogens with zero attached hydrogens (tertiary/aromatic N) is 1. The zero-order valence-corrected chi connectivity index (χ0v) is 23.0. The van der Waals surface area contributed by atoms with E-state index in [1.54, 1.807) is 0 Å². The molecule has 0 atom stereocenters. The Morgan fingerprint density at radius 2 is 1.38 bits per heavy atom. The lowest BCUT2D eigenvalue weighted by molar-refractivity contribution is 0.0115. The quantitative estimate of drug-likeness (QED) is 0.253. The van der Waals surface area contributed by atoms with Crippen LogP contribution >= 0.6 is 0 Å². The van der Waals surface area contributed by atoms with Gasteiger partial charge in [-0.2, -0.15) is 0 Å². The molecule has 1 fully saturated rings. The number of benzene rings is 1. The van der Waals surface area contributed by atoms with Crippen LogP contribution in [0.5, 0.6) is 0 Å². The van der Waals surface area contributed by atoms with Gasteiger partial charge in [0.15, 0.2) is 0 Å². The van der Waals surface area contributed by atoms with Crippen molar-refractivity contribution in [1.29, 1.82) is 0 Å². The smallest absolute Gasteiger partial charge is 0.410 e. The van der Waals surface area contributed by atoms with Gasteiger partial charge in [0.1, 0.15) is 5.60 Å². The van der Waals surface area contributed by atoms with Crippen molar-refractivity contribution in [2.24, 2.45) is 0 Å². The number of hydrogen-bond acceptors (Lipinski definition) is 2. The molecule has 0 radical (unpaired) electrons. The Labute approximate surface area is 211 Å². The number of ether oxygens (including phenoxy) is 1. The van der Waals surface area contributed by atoms with Gasteiger partial charge in [-0.1, -0.05) is 89.5 Å². The van der Waals surface area contributed by atoms with Crippen LogP contribution in [-0.2, 0) is 11.2 Å². The first-order chi connectivity index (χ1) is 16.3. The molecule has 1 aromatic carbocycles. The molecule has 0 unspecified atom stereocenters. The first kappa shape index (κ1) is 28.7. The Morgan fingerprint density at radius 3 is 1.91 bits per heavy atom. The molecule has 0 aromatic heterocycles. The van der Waals surface area contributed by atoms with Gasteiger partial charge in [-0.05, 0) is 82.8 Å². The van der Waals surface area contributed by atoms with Gasteiger partial charge in [0.2, 0.25) is 0 Å². The topological polar surface area (TPSA) is 29.5 Å². The van der Waals surface area contributed by atoms with Gasteiger partial charge in [-0.15, -0.1) is 0 Å². The van der Waals surface area contributed by atoms with Gasteiger partial charge in [-0.3, -0.25) is 0 Å². The van der Waals surface area contributed by atoms with Crippen molar-refractivity contribution >= 4 is 6.09 Å². The Balaban J connectivity index is 1.71. The van der Waals surface area contributed by atoms with Crippen LogP contribution in [0.1, 0.15) is 142 Å². The molecule has 0 heterocycles. The summed E-state index contributed by atoms with van der Waals surface area (Å²) in [5, 5.41) is 0. The van der Waals surface area contributed by atoms with E-state index >= 15 is 0 Å². The van der Waals surface area contributed by atoms with Crippen LogP contribution < -0.4 is 0 Å². The monoisotopic (exact) mass is 471 g/mol. The maximum atomic E-state index is 12.7. The number of carbonyl (C=O) groups excluding carboxylic acids is 1. The maximum Gasteiger partial charge on any atom is 0.410 e. The first-order valence-corrected chi connectivity index (χ1v) is 14.4. The number of hydrogen-bond donors (Lipinski definition) is 0. The summed E-state index contributed by atoms with van der Waals surface area (Å²) in [6.45, 7) is 11.1. The summed E-state index contributed by atoms with van der Waals surface area (Å²) in [4.78, 5) is 14.7. The summed E-state index contributed by atoms with van der Waals surface area (Å²) in [6, 6.07) is 9.77. The van der Waals surface area contributed by atoms with Crippen LogP contribution in [-0.4, -0.2) is 29.2 Å². The SMILES string of the molecule is CCCCCCCCCCCc1ccc(C2CCC(N(CCC)C(=O)OC(C)(C)C)CC2)cc1. The molecule has 0 aliphatic heterocycles. The van der Waals surface area contributed by atoms with Crippen LogP contribution in [0, 0.1) is 0 Å². The predicted molar refractivity (Wildman–Crippen MR) is 146 cm³/mol. The molecule has 0 N–H and O–H groups in total. The van der Waals surface area contributed by atoms with Crippen molar-refractivity contribution in [1.82, 2.24) is 4.90 Å². The molecular weight excluding hydrogens is 418 g/mol. The molecule has 2 rings (SSSR count). The number of aryl methyl sites for hydroxylation is 1. The van der Waals surface area contributed by atoms with Crippen LogP contribution in [0.4, 0.5) is 4.79 Å². The summed E-state index contributed by atoms with van der Waals surface area (Å²) in [6.07, 6.45) is 19.0. The fourth-order valence-corrected chi connectivity index (χ4v) is 5.30. The Morgan fingerprint density at radius 1 is 0.824 bits per heavy atom. The number of amides is 1. The largest absolute Gasteiger partial charge is 0.444 e. The van der Waals surface area contributed by atoms with Crippen molar-refractivity contribution in [2.45, 2.75) is 148 Å². The summed E-state index contributed by atoms with van der Waals surface area (Å²) >= 11 is 0. The van der Waals surface area contributed by atoms with Crippen molar-refractivity contribution in [3.63, 3.8) is 0 Å². The molecule has 1 aliphatic rings. The molecule has 194 valence electrons. The second-order valence-corrected chi connectivity index (χ2v) is 11.5. The third-order valence-corrected chi connectivity index (χ3v) is 7.25. The van der Waals surface area contributed by atoms with E-state index in [2.05, 4.69) is 38.1 Å². The third kappa shape index (κ3) is 10.8. The number of rotatable bonds is 14. The molecule has 0 spiro atoms. The van der Waals surface area contributed by atoms with E-state index in [-0.39, 0.29) is 6.09 Å². The van der Waals surface area contributed by atoms with Gasteiger partial charge in [0, 0.05) is 12.6 Å². The van der Waals surface area contributed by atoms with Gasteiger partial charge in [0.25, 0.3) is 0 Å². The highest BCUT2D eigenvalue weighted by Crippen LogP contribution is 2.35. The molecule has 1 amide bonds. The first-order valence-electron chi connectivity index (χ1n) is 14.4. The standard InChI is InChI=1S/C31H53NO2/c1-6-8-9-10-11-12-13-14-15-16-26-17-19-27(20-18-26)28-21-23-29(24-22-28)32(25-7-2)30(33)34-31(3,4)5/h17-20,28-29H,6-16,21-25H2,1-5H3. The lowest BCUT2D eigenvalue weighted by Crippen LogP contribution is -2.45. The average molecular weight is 472 g/mol. The van der Waals surface area contributed by atoms with E-state index in [0.29, 0.717) is 12.0 Å². The van der Waals surface area contributed by atoms with Crippen molar-refractivity contribution in [2.75, 3.05) is 6.54 Å². The lowest BCUT2D eigenvalue weighted by atomic mass is 9.81. The van der Waals surface area contributed by atoms with Gasteiger partial charge < -0.3 is 9.64 Å². The molecule has 0 bridgehead atoms. The lowest BCUT2D eigenvalue weighted by Gasteiger charge is -2.37.